The van der Waals surface area contributed by atoms with Crippen LogP contribution in [0.4, 0.5) is 9.59 Å². The smallest absolute Gasteiger partial charge is 0.410 e. The summed E-state index contributed by atoms with van der Waals surface area (Å²) in [5.41, 5.74) is 0. The first-order valence-electron chi connectivity index (χ1n) is 4.52. The Morgan fingerprint density at radius 2 is 1.88 bits per heavy atom. The number of rotatable bonds is 1. The van der Waals surface area contributed by atoms with E-state index in [-0.39, 0.29) is 19.6 Å². The zero-order valence-corrected chi connectivity index (χ0v) is 8.62. The molecule has 0 saturated carbocycles. The molecule has 8 nitrogen and oxygen atoms in total. The van der Waals surface area contributed by atoms with Crippen molar-refractivity contribution in [2.45, 2.75) is 6.04 Å². The van der Waals surface area contributed by atoms with Gasteiger partial charge in [0, 0.05) is 13.1 Å². The molecule has 2 N–H and O–H groups in total. The van der Waals surface area contributed by atoms with Crippen LogP contribution in [0, 0.1) is 0 Å². The number of carboxylic acids is 1. The third-order valence-electron chi connectivity index (χ3n) is 2.35. The summed E-state index contributed by atoms with van der Waals surface area (Å²) >= 11 is 0. The van der Waals surface area contributed by atoms with Gasteiger partial charge in [-0.1, -0.05) is 0 Å². The molecule has 2 amide bonds. The lowest BCUT2D eigenvalue weighted by Gasteiger charge is -2.36. The van der Waals surface area contributed by atoms with Crippen molar-refractivity contribution in [2.24, 2.45) is 0 Å². The Hall–Kier alpha value is -1.99. The van der Waals surface area contributed by atoms with Crippen molar-refractivity contribution in [1.82, 2.24) is 9.80 Å². The fourth-order valence-electron chi connectivity index (χ4n) is 1.50. The van der Waals surface area contributed by atoms with E-state index in [1.165, 1.54) is 0 Å². The third-order valence-corrected chi connectivity index (χ3v) is 2.35. The predicted molar refractivity (Wildman–Crippen MR) is 50.1 cm³/mol. The molecule has 8 heteroatoms. The number of nitrogens with zero attached hydrogens (tertiary/aromatic N) is 2. The lowest BCUT2D eigenvalue weighted by atomic mass is 10.2. The average Bonchev–Trinajstić information content (AvgIpc) is 2.26. The second-order valence-electron chi connectivity index (χ2n) is 3.25. The molecule has 0 radical (unpaired) electrons. The van der Waals surface area contributed by atoms with Crippen molar-refractivity contribution in [3.05, 3.63) is 0 Å². The monoisotopic (exact) mass is 232 g/mol. The van der Waals surface area contributed by atoms with Gasteiger partial charge >= 0.3 is 18.2 Å². The number of ether oxygens (including phenoxy) is 1. The molecule has 0 aliphatic carbocycles. The summed E-state index contributed by atoms with van der Waals surface area (Å²) in [6, 6.07) is -1.20. The van der Waals surface area contributed by atoms with Crippen molar-refractivity contribution in [3.63, 3.8) is 0 Å². The Morgan fingerprint density at radius 1 is 1.25 bits per heavy atom. The number of carboxylic acid groups (broad SMARTS) is 2. The number of methoxy groups -OCH3 is 1. The maximum absolute atomic E-state index is 11.2. The molecule has 0 aromatic carbocycles. The van der Waals surface area contributed by atoms with Gasteiger partial charge in [-0.25, -0.2) is 14.4 Å². The normalized spacial score (nSPS) is 20.4. The topological polar surface area (TPSA) is 107 Å². The Labute approximate surface area is 91.0 Å². The van der Waals surface area contributed by atoms with Gasteiger partial charge in [0.15, 0.2) is 6.04 Å². The van der Waals surface area contributed by atoms with E-state index in [2.05, 4.69) is 4.74 Å². The van der Waals surface area contributed by atoms with Gasteiger partial charge in [-0.2, -0.15) is 0 Å². The highest BCUT2D eigenvalue weighted by Crippen LogP contribution is 2.11. The second-order valence-corrected chi connectivity index (χ2v) is 3.25. The number of carbonyl (C=O) groups is 3. The van der Waals surface area contributed by atoms with E-state index < -0.39 is 24.2 Å². The van der Waals surface area contributed by atoms with Gasteiger partial charge in [-0.3, -0.25) is 4.90 Å². The number of amides is 2. The molecule has 1 fully saturated rings. The molecule has 0 spiro atoms. The molecule has 16 heavy (non-hydrogen) atoms. The molecule has 1 atom stereocenters. The van der Waals surface area contributed by atoms with E-state index in [4.69, 9.17) is 10.2 Å². The molecule has 1 aliphatic rings. The van der Waals surface area contributed by atoms with Crippen LogP contribution >= 0.6 is 0 Å². The van der Waals surface area contributed by atoms with E-state index in [1.807, 2.05) is 0 Å². The summed E-state index contributed by atoms with van der Waals surface area (Å²) in [5.74, 6) is -1.25. The summed E-state index contributed by atoms with van der Waals surface area (Å²) < 4.78 is 4.42. The maximum Gasteiger partial charge on any atom is 0.410 e. The second kappa shape index (κ2) is 4.69. The lowest BCUT2D eigenvalue weighted by Crippen LogP contribution is -2.59. The highest BCUT2D eigenvalue weighted by Gasteiger charge is 2.37. The molecular formula is C8H12N2O6. The van der Waals surface area contributed by atoms with Crippen LogP contribution in [0.5, 0.6) is 0 Å². The van der Waals surface area contributed by atoms with E-state index in [9.17, 15) is 14.4 Å². The van der Waals surface area contributed by atoms with Crippen molar-refractivity contribution in [3.8, 4) is 0 Å². The summed E-state index contributed by atoms with van der Waals surface area (Å²) in [4.78, 5) is 34.7. The summed E-state index contributed by atoms with van der Waals surface area (Å²) in [5, 5.41) is 17.6. The average molecular weight is 232 g/mol. The summed E-state index contributed by atoms with van der Waals surface area (Å²) in [7, 11) is 1.14. The van der Waals surface area contributed by atoms with Gasteiger partial charge in [0.2, 0.25) is 0 Å². The fraction of sp³-hybridized carbons (Fsp3) is 0.625. The van der Waals surface area contributed by atoms with Gasteiger partial charge in [0.25, 0.3) is 0 Å². The number of aliphatic carboxylic acids is 1. The third kappa shape index (κ3) is 2.33. The number of hydrogen-bond donors (Lipinski definition) is 2. The van der Waals surface area contributed by atoms with Crippen molar-refractivity contribution >= 4 is 18.2 Å². The van der Waals surface area contributed by atoms with Gasteiger partial charge < -0.3 is 19.8 Å². The van der Waals surface area contributed by atoms with Crippen LogP contribution in [0.1, 0.15) is 0 Å². The molecule has 0 aromatic rings. The largest absolute Gasteiger partial charge is 0.480 e. The summed E-state index contributed by atoms with van der Waals surface area (Å²) in [6.07, 6.45) is -1.96. The fourth-order valence-corrected chi connectivity index (χ4v) is 1.50. The van der Waals surface area contributed by atoms with Crippen LogP contribution < -0.4 is 0 Å². The standard InChI is InChI=1S/C8H12N2O6/c1-16-8(15)10-3-2-9(7(13)14)4-5(10)6(11)12/h5H,2-4H2,1H3,(H,11,12)(H,13,14)/t5-/m1/s1. The Bertz CT molecular complexity index is 318. The van der Waals surface area contributed by atoms with E-state index in [0.717, 1.165) is 16.9 Å². The number of hydrogen-bond acceptors (Lipinski definition) is 4. The van der Waals surface area contributed by atoms with E-state index >= 15 is 0 Å². The van der Waals surface area contributed by atoms with Crippen molar-refractivity contribution in [2.75, 3.05) is 26.7 Å². The Kier molecular flexibility index (Phi) is 3.54. The van der Waals surface area contributed by atoms with Gasteiger partial charge in [-0.05, 0) is 0 Å². The molecule has 0 aromatic heterocycles. The Morgan fingerprint density at radius 3 is 2.31 bits per heavy atom. The molecule has 1 rings (SSSR count). The van der Waals surface area contributed by atoms with Gasteiger partial charge in [0.1, 0.15) is 0 Å². The van der Waals surface area contributed by atoms with E-state index in [1.54, 1.807) is 0 Å². The van der Waals surface area contributed by atoms with E-state index in [0.29, 0.717) is 0 Å². The number of piperazine rings is 1. The zero-order valence-electron chi connectivity index (χ0n) is 8.62. The highest BCUT2D eigenvalue weighted by atomic mass is 16.5. The molecule has 0 bridgehead atoms. The summed E-state index contributed by atoms with van der Waals surface area (Å²) in [6.45, 7) is -0.163. The Balaban J connectivity index is 2.79. The van der Waals surface area contributed by atoms with Gasteiger partial charge in [-0.15, -0.1) is 0 Å². The SMILES string of the molecule is COC(=O)N1CCN(C(=O)O)C[C@@H]1C(=O)O. The minimum atomic E-state index is -1.25. The van der Waals surface area contributed by atoms with Crippen molar-refractivity contribution in [1.29, 1.82) is 0 Å². The predicted octanol–water partition coefficient (Wildman–Crippen LogP) is -0.498. The van der Waals surface area contributed by atoms with Gasteiger partial charge in [0.05, 0.1) is 13.7 Å². The van der Waals surface area contributed by atoms with Crippen LogP contribution in [-0.2, 0) is 9.53 Å². The first-order valence-corrected chi connectivity index (χ1v) is 4.52. The highest BCUT2D eigenvalue weighted by molar-refractivity contribution is 5.81. The molecule has 1 aliphatic heterocycles. The molecule has 0 unspecified atom stereocenters. The quantitative estimate of drug-likeness (QED) is 0.631. The molecule has 1 saturated heterocycles. The van der Waals surface area contributed by atoms with Crippen molar-refractivity contribution < 1.29 is 29.3 Å². The minimum absolute atomic E-state index is 0.00986. The first kappa shape index (κ1) is 12.1. The molecule has 1 heterocycles. The lowest BCUT2D eigenvalue weighted by molar-refractivity contribution is -0.144. The van der Waals surface area contributed by atoms with Crippen LogP contribution in [0.15, 0.2) is 0 Å². The van der Waals surface area contributed by atoms with Crippen LogP contribution in [-0.4, -0.2) is 71.0 Å². The maximum atomic E-state index is 11.2. The molecular weight excluding hydrogens is 220 g/mol. The minimum Gasteiger partial charge on any atom is -0.480 e. The van der Waals surface area contributed by atoms with Crippen LogP contribution in [0.2, 0.25) is 0 Å². The first-order chi connectivity index (χ1) is 7.47. The zero-order chi connectivity index (χ0) is 12.3. The molecule has 90 valence electrons. The van der Waals surface area contributed by atoms with Crippen LogP contribution in [0.25, 0.3) is 0 Å². The number of carbonyl (C=O) groups excluding carboxylic acids is 1. The van der Waals surface area contributed by atoms with Crippen LogP contribution in [0.3, 0.4) is 0 Å².